The van der Waals surface area contributed by atoms with Gasteiger partial charge in [0.25, 0.3) is 23.3 Å². The average molecular weight is 1550 g/mol. The fraction of sp³-hybridized carbons (Fsp3) is 0.215. The standard InChI is InChI=1S/C32H30FN2.C29H25N2.C23H28FN2.C23H29N2/c1-22(2)26-20-29(24-11-7-5-8-12-24)31(30(21-26)25-13-9-6-10-14-25)35-18-17-34(4)32(35)28-16-15-27(33)19-23(28)3;1-22-12-9-10-17-25(22)29-30(2)20-21-31(29)28-26(23-13-5-3-6-14-23)18-11-19-27(28)24-15-7-4-8-16-24;1-15(2)19-8-7-9-20(16(3)4)22(19)26-13-12-25(6)23(26)21-11-10-18(24)14-17(21)5;1-16(2)19-12-9-13-20(17(3)4)22(19)25-15-14-24(6)23(25)21-11-8-7-10-18(21)5/h5-22H,1-4H3;3-21H,1-2H3;7-16H,1-6H3;7-17H,1-6H3/q4*+1. The third-order valence-electron chi connectivity index (χ3n) is 22.5. The molecule has 12 aromatic carbocycles. The number of hydrogen-bond acceptors (Lipinski definition) is 0. The normalized spacial score (nSPS) is 11.3. The molecule has 0 N–H and O–H groups in total. The summed E-state index contributed by atoms with van der Waals surface area (Å²) in [6.07, 6.45) is 17.0. The van der Waals surface area contributed by atoms with E-state index in [9.17, 15) is 8.78 Å². The van der Waals surface area contributed by atoms with E-state index < -0.39 is 0 Å². The van der Waals surface area contributed by atoms with Gasteiger partial charge in [-0.15, -0.1) is 0 Å². The van der Waals surface area contributed by atoms with E-state index in [1.54, 1.807) is 12.1 Å². The van der Waals surface area contributed by atoms with Crippen LogP contribution in [0.2, 0.25) is 0 Å². The van der Waals surface area contributed by atoms with E-state index in [0.29, 0.717) is 29.6 Å². The van der Waals surface area contributed by atoms with Crippen LogP contribution in [0.1, 0.15) is 149 Å². The molecule has 0 atom stereocenters. The highest BCUT2D eigenvalue weighted by Gasteiger charge is 2.32. The van der Waals surface area contributed by atoms with Gasteiger partial charge in [-0.2, -0.15) is 18.3 Å². The van der Waals surface area contributed by atoms with E-state index >= 15 is 0 Å². The van der Waals surface area contributed by atoms with Crippen LogP contribution >= 0.6 is 0 Å². The first kappa shape index (κ1) is 82.3. The van der Waals surface area contributed by atoms with Crippen molar-refractivity contribution in [2.75, 3.05) is 0 Å². The van der Waals surface area contributed by atoms with Crippen molar-refractivity contribution in [1.82, 2.24) is 18.3 Å². The Hall–Kier alpha value is -12.7. The van der Waals surface area contributed by atoms with E-state index in [4.69, 9.17) is 0 Å². The van der Waals surface area contributed by atoms with Gasteiger partial charge in [-0.3, -0.25) is 0 Å². The first-order valence-electron chi connectivity index (χ1n) is 41.1. The predicted molar refractivity (Wildman–Crippen MR) is 481 cm³/mol. The molecule has 16 aromatic rings. The molecule has 0 bridgehead atoms. The predicted octanol–water partition coefficient (Wildman–Crippen LogP) is 25.7. The van der Waals surface area contributed by atoms with Gasteiger partial charge in [0.1, 0.15) is 84.0 Å². The van der Waals surface area contributed by atoms with Crippen molar-refractivity contribution in [1.29, 1.82) is 0 Å². The van der Waals surface area contributed by atoms with E-state index in [1.165, 1.54) is 135 Å². The van der Waals surface area contributed by atoms with Crippen LogP contribution in [0.3, 0.4) is 0 Å². The summed E-state index contributed by atoms with van der Waals surface area (Å²) < 4.78 is 45.5. The van der Waals surface area contributed by atoms with Crippen molar-refractivity contribution < 1.29 is 27.0 Å². The fourth-order valence-electron chi connectivity index (χ4n) is 16.3. The lowest BCUT2D eigenvalue weighted by Crippen LogP contribution is -2.29. The van der Waals surface area contributed by atoms with Crippen LogP contribution in [0.4, 0.5) is 8.78 Å². The number of aromatic nitrogens is 8. The molecular weight excluding hydrogens is 1440 g/mol. The summed E-state index contributed by atoms with van der Waals surface area (Å²) in [7, 11) is 8.33. The van der Waals surface area contributed by atoms with Crippen LogP contribution < -0.4 is 18.3 Å². The van der Waals surface area contributed by atoms with Gasteiger partial charge in [0.15, 0.2) is 0 Å². The van der Waals surface area contributed by atoms with Gasteiger partial charge in [-0.25, -0.2) is 27.0 Å². The maximum Gasteiger partial charge on any atom is 0.294 e. The van der Waals surface area contributed by atoms with Crippen LogP contribution in [-0.4, -0.2) is 18.3 Å². The maximum atomic E-state index is 14.0. The zero-order valence-corrected chi connectivity index (χ0v) is 71.3. The SMILES string of the molecule is Cc1cc(F)ccc1-c1n(-c2c(-c3ccccc3)cc(C(C)C)cc2-c2ccccc2)cc[n+]1C.Cc1cc(F)ccc1-c1n(-c2c(C(C)C)cccc2C(C)C)cc[n+]1C.Cc1ccccc1-c1n(-c2c(-c3ccccc3)cccc2-c2ccccc2)cc[n+]1C.Cc1ccccc1-c1n(-c2c(C(C)C)cccc2C(C)C)cc[n+]1C. The first-order chi connectivity index (χ1) is 56.4. The summed E-state index contributed by atoms with van der Waals surface area (Å²) in [5, 5.41) is 0. The molecule has 10 heteroatoms. The number of halogens is 2. The van der Waals surface area contributed by atoms with E-state index in [2.05, 4.69) is 420 Å². The molecule has 8 nitrogen and oxygen atoms in total. The molecule has 0 aliphatic heterocycles. The Morgan fingerprint density at radius 1 is 0.231 bits per heavy atom. The molecule has 0 aliphatic rings. The van der Waals surface area contributed by atoms with Crippen molar-refractivity contribution in [2.24, 2.45) is 28.2 Å². The second kappa shape index (κ2) is 36.4. The van der Waals surface area contributed by atoms with Gasteiger partial charge in [0.05, 0.1) is 50.4 Å². The minimum absolute atomic E-state index is 0.197. The quantitative estimate of drug-likeness (QED) is 0.0815. The minimum Gasteiger partial charge on any atom is -0.232 e. The monoisotopic (exact) mass is 1550 g/mol. The molecule has 0 saturated carbocycles. The van der Waals surface area contributed by atoms with Crippen molar-refractivity contribution >= 4 is 0 Å². The molecule has 117 heavy (non-hydrogen) atoms. The Morgan fingerprint density at radius 3 is 0.761 bits per heavy atom. The topological polar surface area (TPSA) is 35.2 Å². The Balaban J connectivity index is 0.000000137. The summed E-state index contributed by atoms with van der Waals surface area (Å²) in [6, 6.07) is 94.3. The third-order valence-corrected chi connectivity index (χ3v) is 22.5. The molecule has 0 fully saturated rings. The van der Waals surface area contributed by atoms with Crippen LogP contribution in [0.5, 0.6) is 0 Å². The summed E-state index contributed by atoms with van der Waals surface area (Å²) in [4.78, 5) is 0. The molecule has 4 heterocycles. The van der Waals surface area contributed by atoms with E-state index in [-0.39, 0.29) is 11.6 Å². The number of rotatable bonds is 17. The smallest absolute Gasteiger partial charge is 0.232 e. The molecule has 0 unspecified atom stereocenters. The number of para-hydroxylation sites is 3. The highest BCUT2D eigenvalue weighted by atomic mass is 19.1. The highest BCUT2D eigenvalue weighted by Crippen LogP contribution is 2.43. The molecule has 16 rings (SSSR count). The Labute approximate surface area is 692 Å². The summed E-state index contributed by atoms with van der Waals surface area (Å²) >= 11 is 0. The Kier molecular flexibility index (Phi) is 25.6. The fourth-order valence-corrected chi connectivity index (χ4v) is 16.3. The maximum absolute atomic E-state index is 14.0. The zero-order chi connectivity index (χ0) is 82.9. The molecule has 0 saturated heterocycles. The number of nitrogens with zero attached hydrogens (tertiary/aromatic N) is 8. The van der Waals surface area contributed by atoms with Crippen molar-refractivity contribution in [2.45, 2.75) is 127 Å². The van der Waals surface area contributed by atoms with Crippen molar-refractivity contribution in [3.05, 3.63) is 384 Å². The van der Waals surface area contributed by atoms with Crippen LogP contribution in [0.15, 0.2) is 323 Å². The lowest BCUT2D eigenvalue weighted by Gasteiger charge is -2.18. The van der Waals surface area contributed by atoms with Crippen molar-refractivity contribution in [3.63, 3.8) is 0 Å². The second-order valence-electron chi connectivity index (χ2n) is 32.4. The van der Waals surface area contributed by atoms with Gasteiger partial charge in [0, 0.05) is 44.5 Å². The average Bonchev–Trinajstić information content (AvgIpc) is 1.73. The molecule has 0 amide bonds. The lowest BCUT2D eigenvalue weighted by molar-refractivity contribution is -0.659. The summed E-state index contributed by atoms with van der Waals surface area (Å²) in [5.74, 6) is 6.22. The van der Waals surface area contributed by atoms with Gasteiger partial charge in [-0.05, 0) is 168 Å². The van der Waals surface area contributed by atoms with Gasteiger partial charge in [-0.1, -0.05) is 282 Å². The number of aryl methyl sites for hydroxylation is 8. The van der Waals surface area contributed by atoms with Crippen molar-refractivity contribution in [3.8, 4) is 113 Å². The third kappa shape index (κ3) is 17.6. The minimum atomic E-state index is -0.219. The second-order valence-corrected chi connectivity index (χ2v) is 32.4. The number of hydrogen-bond donors (Lipinski definition) is 0. The zero-order valence-electron chi connectivity index (χ0n) is 71.3. The summed E-state index contributed by atoms with van der Waals surface area (Å²) in [5.41, 5.74) is 30.1. The lowest BCUT2D eigenvalue weighted by atomic mass is 9.89. The van der Waals surface area contributed by atoms with E-state index in [0.717, 1.165) is 39.6 Å². The molecule has 4 aromatic heterocycles. The molecule has 590 valence electrons. The molecule has 0 radical (unpaired) electrons. The van der Waals surface area contributed by atoms with Gasteiger partial charge < -0.3 is 0 Å². The number of benzene rings is 12. The largest absolute Gasteiger partial charge is 0.294 e. The summed E-state index contributed by atoms with van der Waals surface area (Å²) in [6.45, 7) is 30.8. The Morgan fingerprint density at radius 2 is 0.479 bits per heavy atom. The molecule has 0 spiro atoms. The van der Waals surface area contributed by atoms with Gasteiger partial charge in [0.2, 0.25) is 0 Å². The highest BCUT2D eigenvalue weighted by molar-refractivity contribution is 5.89. The van der Waals surface area contributed by atoms with E-state index in [1.807, 2.05) is 40.1 Å². The Bertz CT molecular complexity index is 5940. The van der Waals surface area contributed by atoms with Crippen LogP contribution in [-0.2, 0) is 28.2 Å². The first-order valence-corrected chi connectivity index (χ1v) is 41.1. The molecular formula is C107H112F2N8+4. The molecule has 0 aliphatic carbocycles. The van der Waals surface area contributed by atoms with Gasteiger partial charge >= 0.3 is 0 Å². The van der Waals surface area contributed by atoms with Crippen LogP contribution in [0, 0.1) is 39.3 Å². The van der Waals surface area contributed by atoms with Crippen LogP contribution in [0.25, 0.3) is 113 Å². The number of imidazole rings is 4.